The number of fused-ring (bicyclic) bond motifs is 1. The molecule has 7 heteroatoms. The highest BCUT2D eigenvalue weighted by Crippen LogP contribution is 2.51. The van der Waals surface area contributed by atoms with Crippen molar-refractivity contribution in [1.29, 1.82) is 0 Å². The molecule has 0 saturated heterocycles. The van der Waals surface area contributed by atoms with Crippen molar-refractivity contribution in [3.8, 4) is 5.82 Å². The van der Waals surface area contributed by atoms with E-state index in [4.69, 9.17) is 4.98 Å². The Labute approximate surface area is 141 Å². The van der Waals surface area contributed by atoms with E-state index in [1.54, 1.807) is 13.2 Å². The van der Waals surface area contributed by atoms with Crippen molar-refractivity contribution in [3.63, 3.8) is 0 Å². The number of hydrogen-bond donors (Lipinski definition) is 1. The number of likely N-dealkylation sites (N-methyl/N-ethyl adjacent to an activating group) is 1. The van der Waals surface area contributed by atoms with Crippen molar-refractivity contribution < 1.29 is 4.79 Å². The SMILES string of the molecule is CNC(=O)Cc1nc([C@H]2CC[C@@H]3CCC[C@@H]32)n(-c2ccnn2C)n1. The second-order valence-electron chi connectivity index (χ2n) is 7.00. The van der Waals surface area contributed by atoms with Crippen molar-refractivity contribution >= 4 is 5.91 Å². The van der Waals surface area contributed by atoms with E-state index in [-0.39, 0.29) is 12.3 Å². The minimum Gasteiger partial charge on any atom is -0.359 e. The molecule has 2 aromatic heterocycles. The van der Waals surface area contributed by atoms with Gasteiger partial charge in [0.1, 0.15) is 5.82 Å². The first-order valence-corrected chi connectivity index (χ1v) is 8.82. The molecule has 2 fully saturated rings. The fourth-order valence-electron chi connectivity index (χ4n) is 4.54. The maximum atomic E-state index is 11.7. The number of rotatable bonds is 4. The molecule has 7 nitrogen and oxygen atoms in total. The van der Waals surface area contributed by atoms with Gasteiger partial charge in [-0.15, -0.1) is 5.10 Å². The Morgan fingerprint density at radius 2 is 2.21 bits per heavy atom. The van der Waals surface area contributed by atoms with E-state index in [1.807, 2.05) is 22.5 Å². The molecule has 2 aliphatic carbocycles. The number of nitrogens with zero attached hydrogens (tertiary/aromatic N) is 5. The lowest BCUT2D eigenvalue weighted by Crippen LogP contribution is -2.20. The topological polar surface area (TPSA) is 77.6 Å². The van der Waals surface area contributed by atoms with Crippen LogP contribution in [0.25, 0.3) is 5.82 Å². The predicted molar refractivity (Wildman–Crippen MR) is 88.7 cm³/mol. The van der Waals surface area contributed by atoms with E-state index in [2.05, 4.69) is 15.5 Å². The zero-order chi connectivity index (χ0) is 16.7. The third kappa shape index (κ3) is 2.52. The fourth-order valence-corrected chi connectivity index (χ4v) is 4.54. The summed E-state index contributed by atoms with van der Waals surface area (Å²) in [7, 11) is 3.55. The van der Waals surface area contributed by atoms with Gasteiger partial charge in [0.25, 0.3) is 0 Å². The standard InChI is InChI=1S/C17H24N6O/c1-18-15(24)10-14-20-17(13-7-6-11-4-3-5-12(11)13)23(21-14)16-8-9-19-22(16)2/h8-9,11-13H,3-7,10H2,1-2H3,(H,18,24)/t11-,12-,13-/m0/s1. The Bertz CT molecular complexity index is 748. The molecular formula is C17H24N6O. The lowest BCUT2D eigenvalue weighted by atomic mass is 9.91. The molecule has 2 aliphatic rings. The van der Waals surface area contributed by atoms with Crippen LogP contribution in [0.5, 0.6) is 0 Å². The Morgan fingerprint density at radius 1 is 1.33 bits per heavy atom. The van der Waals surface area contributed by atoms with E-state index in [1.165, 1.54) is 32.1 Å². The first kappa shape index (κ1) is 15.4. The lowest BCUT2D eigenvalue weighted by Gasteiger charge is -2.18. The van der Waals surface area contributed by atoms with Crippen molar-refractivity contribution in [1.82, 2.24) is 29.9 Å². The van der Waals surface area contributed by atoms with Crippen molar-refractivity contribution in [2.45, 2.75) is 44.4 Å². The molecule has 1 N–H and O–H groups in total. The molecule has 2 saturated carbocycles. The van der Waals surface area contributed by atoms with Crippen molar-refractivity contribution in [3.05, 3.63) is 23.9 Å². The van der Waals surface area contributed by atoms with Crippen LogP contribution in [0.1, 0.15) is 49.7 Å². The molecule has 24 heavy (non-hydrogen) atoms. The first-order chi connectivity index (χ1) is 11.7. The molecule has 0 aromatic carbocycles. The number of carbonyl (C=O) groups excluding carboxylic acids is 1. The molecule has 0 spiro atoms. The van der Waals surface area contributed by atoms with Crippen LogP contribution < -0.4 is 5.32 Å². The highest BCUT2D eigenvalue weighted by Gasteiger charge is 2.42. The van der Waals surface area contributed by atoms with Gasteiger partial charge in [-0.1, -0.05) is 12.8 Å². The van der Waals surface area contributed by atoms with Gasteiger partial charge in [0.15, 0.2) is 11.6 Å². The van der Waals surface area contributed by atoms with E-state index < -0.39 is 0 Å². The molecule has 2 aromatic rings. The second-order valence-corrected chi connectivity index (χ2v) is 7.00. The normalized spacial score (nSPS) is 25.8. The van der Waals surface area contributed by atoms with E-state index in [0.29, 0.717) is 17.7 Å². The minimum absolute atomic E-state index is 0.0612. The van der Waals surface area contributed by atoms with Crippen LogP contribution in [0.4, 0.5) is 0 Å². The van der Waals surface area contributed by atoms with Gasteiger partial charge in [0.05, 0.1) is 12.6 Å². The van der Waals surface area contributed by atoms with Crippen LogP contribution >= 0.6 is 0 Å². The van der Waals surface area contributed by atoms with Gasteiger partial charge in [-0.2, -0.15) is 9.78 Å². The number of aryl methyl sites for hydroxylation is 1. The van der Waals surface area contributed by atoms with E-state index in [9.17, 15) is 4.79 Å². The van der Waals surface area contributed by atoms with Crippen LogP contribution in [0.3, 0.4) is 0 Å². The Kier molecular flexibility index (Phi) is 3.86. The van der Waals surface area contributed by atoms with Crippen LogP contribution in [0.15, 0.2) is 12.3 Å². The summed E-state index contributed by atoms with van der Waals surface area (Å²) in [4.78, 5) is 16.5. The van der Waals surface area contributed by atoms with Gasteiger partial charge < -0.3 is 5.32 Å². The summed E-state index contributed by atoms with van der Waals surface area (Å²) < 4.78 is 3.72. The van der Waals surface area contributed by atoms with Crippen molar-refractivity contribution in [2.75, 3.05) is 7.05 Å². The van der Waals surface area contributed by atoms with Crippen LogP contribution in [-0.2, 0) is 18.3 Å². The van der Waals surface area contributed by atoms with Crippen LogP contribution in [0, 0.1) is 11.8 Å². The summed E-state index contributed by atoms with van der Waals surface area (Å²) in [6.45, 7) is 0. The average Bonchev–Trinajstić information content (AvgIpc) is 3.30. The average molecular weight is 328 g/mol. The van der Waals surface area contributed by atoms with E-state index >= 15 is 0 Å². The molecule has 3 atom stereocenters. The third-order valence-electron chi connectivity index (χ3n) is 5.70. The summed E-state index contributed by atoms with van der Waals surface area (Å²) in [5.74, 6) is 4.44. The Hall–Kier alpha value is -2.18. The highest BCUT2D eigenvalue weighted by molar-refractivity contribution is 5.77. The summed E-state index contributed by atoms with van der Waals surface area (Å²) >= 11 is 0. The number of hydrogen-bond acceptors (Lipinski definition) is 4. The molecule has 0 bridgehead atoms. The molecule has 0 aliphatic heterocycles. The fraction of sp³-hybridized carbons (Fsp3) is 0.647. The number of amides is 1. The predicted octanol–water partition coefficient (Wildman–Crippen LogP) is 1.58. The highest BCUT2D eigenvalue weighted by atomic mass is 16.1. The molecular weight excluding hydrogens is 304 g/mol. The first-order valence-electron chi connectivity index (χ1n) is 8.82. The van der Waals surface area contributed by atoms with E-state index in [0.717, 1.165) is 17.6 Å². The molecule has 0 unspecified atom stereocenters. The summed E-state index contributed by atoms with van der Waals surface area (Å²) in [5, 5.41) is 11.6. The van der Waals surface area contributed by atoms with Gasteiger partial charge >= 0.3 is 0 Å². The lowest BCUT2D eigenvalue weighted by molar-refractivity contribution is -0.120. The van der Waals surface area contributed by atoms with Gasteiger partial charge in [-0.3, -0.25) is 9.48 Å². The van der Waals surface area contributed by atoms with Gasteiger partial charge in [0.2, 0.25) is 5.91 Å². The largest absolute Gasteiger partial charge is 0.359 e. The zero-order valence-electron chi connectivity index (χ0n) is 14.3. The van der Waals surface area contributed by atoms with Crippen LogP contribution in [0.2, 0.25) is 0 Å². The Balaban J connectivity index is 1.73. The zero-order valence-corrected chi connectivity index (χ0v) is 14.3. The van der Waals surface area contributed by atoms with Gasteiger partial charge in [-0.05, 0) is 31.1 Å². The molecule has 0 radical (unpaired) electrons. The quantitative estimate of drug-likeness (QED) is 0.924. The second kappa shape index (κ2) is 6.03. The third-order valence-corrected chi connectivity index (χ3v) is 5.70. The summed E-state index contributed by atoms with van der Waals surface area (Å²) in [6.07, 6.45) is 8.42. The molecule has 2 heterocycles. The maximum Gasteiger partial charge on any atom is 0.227 e. The Morgan fingerprint density at radius 3 is 2.96 bits per heavy atom. The van der Waals surface area contributed by atoms with Crippen LogP contribution in [-0.4, -0.2) is 37.5 Å². The molecule has 128 valence electrons. The summed E-state index contributed by atoms with van der Waals surface area (Å²) in [6, 6.07) is 1.95. The molecule has 4 rings (SSSR count). The number of aromatic nitrogens is 5. The summed E-state index contributed by atoms with van der Waals surface area (Å²) in [5.41, 5.74) is 0. The van der Waals surface area contributed by atoms with Gasteiger partial charge in [-0.25, -0.2) is 4.98 Å². The maximum absolute atomic E-state index is 11.7. The molecule has 1 amide bonds. The number of nitrogens with one attached hydrogen (secondary N) is 1. The smallest absolute Gasteiger partial charge is 0.227 e. The minimum atomic E-state index is -0.0612. The number of carbonyl (C=O) groups is 1. The monoisotopic (exact) mass is 328 g/mol. The van der Waals surface area contributed by atoms with Crippen molar-refractivity contribution in [2.24, 2.45) is 18.9 Å². The van der Waals surface area contributed by atoms with Gasteiger partial charge in [0, 0.05) is 26.1 Å².